The van der Waals surface area contributed by atoms with Crippen LogP contribution >= 0.6 is 0 Å². The maximum atomic E-state index is 13.0. The molecule has 2 aromatic heterocycles. The minimum atomic E-state index is 0.00729. The average molecular weight is 328 g/mol. The van der Waals surface area contributed by atoms with E-state index in [1.54, 1.807) is 4.68 Å². The zero-order valence-corrected chi connectivity index (χ0v) is 14.1. The van der Waals surface area contributed by atoms with Gasteiger partial charge >= 0.3 is 0 Å². The molecule has 1 aliphatic carbocycles. The Morgan fingerprint density at radius 1 is 1.29 bits per heavy atom. The van der Waals surface area contributed by atoms with Crippen LogP contribution in [0, 0.1) is 5.92 Å². The van der Waals surface area contributed by atoms with Crippen LogP contribution in [0.3, 0.4) is 0 Å². The van der Waals surface area contributed by atoms with Crippen molar-refractivity contribution in [2.45, 2.75) is 58.2 Å². The second kappa shape index (κ2) is 6.37. The van der Waals surface area contributed by atoms with Gasteiger partial charge in [0.25, 0.3) is 5.91 Å². The van der Waals surface area contributed by atoms with E-state index in [0.29, 0.717) is 5.69 Å². The van der Waals surface area contributed by atoms with Gasteiger partial charge in [0.15, 0.2) is 5.82 Å². The summed E-state index contributed by atoms with van der Waals surface area (Å²) < 4.78 is 3.94. The van der Waals surface area contributed by atoms with Crippen LogP contribution in [0.25, 0.3) is 0 Å². The van der Waals surface area contributed by atoms with Gasteiger partial charge in [0.05, 0.1) is 6.04 Å². The zero-order chi connectivity index (χ0) is 16.5. The monoisotopic (exact) mass is 328 g/mol. The first-order valence-corrected chi connectivity index (χ1v) is 8.98. The summed E-state index contributed by atoms with van der Waals surface area (Å²) in [5.74, 6) is 1.70. The number of hydrogen-bond donors (Lipinski definition) is 0. The number of carbonyl (C=O) groups excluding carboxylic acids is 1. The number of aryl methyl sites for hydroxylation is 1. The molecule has 0 bridgehead atoms. The van der Waals surface area contributed by atoms with Gasteiger partial charge in [-0.15, -0.1) is 10.2 Å². The van der Waals surface area contributed by atoms with Crippen molar-refractivity contribution in [2.75, 3.05) is 6.54 Å². The summed E-state index contributed by atoms with van der Waals surface area (Å²) in [5, 5.41) is 12.9. The first-order valence-electron chi connectivity index (χ1n) is 8.98. The fourth-order valence-corrected chi connectivity index (χ4v) is 3.48. The van der Waals surface area contributed by atoms with Crippen LogP contribution in [0.2, 0.25) is 0 Å². The van der Waals surface area contributed by atoms with Crippen molar-refractivity contribution in [1.82, 2.24) is 29.4 Å². The van der Waals surface area contributed by atoms with Gasteiger partial charge in [-0.25, -0.2) is 0 Å². The van der Waals surface area contributed by atoms with Gasteiger partial charge in [0.2, 0.25) is 0 Å². The van der Waals surface area contributed by atoms with E-state index in [1.165, 1.54) is 12.8 Å². The van der Waals surface area contributed by atoms with Crippen molar-refractivity contribution < 1.29 is 4.79 Å². The van der Waals surface area contributed by atoms with Gasteiger partial charge < -0.3 is 9.47 Å². The number of amides is 1. The minimum Gasteiger partial charge on any atom is -0.327 e. The summed E-state index contributed by atoms with van der Waals surface area (Å²) in [6.07, 6.45) is 9.36. The standard InChI is InChI=1S/C17H24N6O/c1-2-22-10-8-14(20-22)17(24)23-9-4-3-5-15(23)16-19-18-12-21(16)11-13-6-7-13/h8,10,12-13,15H,2-7,9,11H2,1H3. The molecule has 1 unspecified atom stereocenters. The molecule has 1 amide bonds. The van der Waals surface area contributed by atoms with E-state index in [1.807, 2.05) is 30.4 Å². The first-order chi connectivity index (χ1) is 11.8. The molecule has 7 nitrogen and oxygen atoms in total. The molecule has 7 heteroatoms. The third kappa shape index (κ3) is 2.95. The van der Waals surface area contributed by atoms with E-state index in [2.05, 4.69) is 19.9 Å². The topological polar surface area (TPSA) is 68.8 Å². The van der Waals surface area contributed by atoms with E-state index in [4.69, 9.17) is 0 Å². The largest absolute Gasteiger partial charge is 0.327 e. The quantitative estimate of drug-likeness (QED) is 0.844. The lowest BCUT2D eigenvalue weighted by molar-refractivity contribution is 0.0587. The van der Waals surface area contributed by atoms with Crippen LogP contribution in [0.4, 0.5) is 0 Å². The molecular weight excluding hydrogens is 304 g/mol. The van der Waals surface area contributed by atoms with Crippen molar-refractivity contribution in [3.05, 3.63) is 30.1 Å². The molecule has 4 rings (SSSR count). The van der Waals surface area contributed by atoms with Gasteiger partial charge in [-0.2, -0.15) is 5.10 Å². The fraction of sp³-hybridized carbons (Fsp3) is 0.647. The first kappa shape index (κ1) is 15.4. The summed E-state index contributed by atoms with van der Waals surface area (Å²) in [5.41, 5.74) is 0.525. The lowest BCUT2D eigenvalue weighted by Gasteiger charge is -2.34. The number of nitrogens with zero attached hydrogens (tertiary/aromatic N) is 6. The molecule has 0 N–H and O–H groups in total. The Morgan fingerprint density at radius 3 is 2.92 bits per heavy atom. The predicted octanol–water partition coefficient (Wildman–Crippen LogP) is 2.27. The maximum Gasteiger partial charge on any atom is 0.274 e. The SMILES string of the molecule is CCn1ccc(C(=O)N2CCCCC2c2nncn2CC2CC2)n1. The van der Waals surface area contributed by atoms with Crippen LogP contribution < -0.4 is 0 Å². The average Bonchev–Trinajstić information content (AvgIpc) is 3.12. The highest BCUT2D eigenvalue weighted by Gasteiger charge is 2.34. The molecule has 1 atom stereocenters. The molecule has 3 heterocycles. The van der Waals surface area contributed by atoms with Crippen LogP contribution in [-0.4, -0.2) is 41.9 Å². The van der Waals surface area contributed by atoms with E-state index >= 15 is 0 Å². The molecule has 1 saturated heterocycles. The fourth-order valence-electron chi connectivity index (χ4n) is 3.48. The van der Waals surface area contributed by atoms with Crippen molar-refractivity contribution >= 4 is 5.91 Å². The molecule has 0 radical (unpaired) electrons. The number of likely N-dealkylation sites (tertiary alicyclic amines) is 1. The van der Waals surface area contributed by atoms with E-state index in [0.717, 1.165) is 50.6 Å². The van der Waals surface area contributed by atoms with E-state index in [-0.39, 0.29) is 11.9 Å². The summed E-state index contributed by atoms with van der Waals surface area (Å²) in [4.78, 5) is 14.9. The highest BCUT2D eigenvalue weighted by atomic mass is 16.2. The lowest BCUT2D eigenvalue weighted by atomic mass is 10.0. The Morgan fingerprint density at radius 2 is 2.17 bits per heavy atom. The number of piperidine rings is 1. The van der Waals surface area contributed by atoms with Gasteiger partial charge in [-0.1, -0.05) is 0 Å². The summed E-state index contributed by atoms with van der Waals surface area (Å²) in [6, 6.07) is 1.83. The van der Waals surface area contributed by atoms with Gasteiger partial charge in [0.1, 0.15) is 12.0 Å². The summed E-state index contributed by atoms with van der Waals surface area (Å²) >= 11 is 0. The second-order valence-corrected chi connectivity index (χ2v) is 6.85. The van der Waals surface area contributed by atoms with Crippen LogP contribution in [0.1, 0.15) is 61.4 Å². The Hall–Kier alpha value is -2.18. The summed E-state index contributed by atoms with van der Waals surface area (Å²) in [6.45, 7) is 4.53. The summed E-state index contributed by atoms with van der Waals surface area (Å²) in [7, 11) is 0. The molecule has 128 valence electrons. The smallest absolute Gasteiger partial charge is 0.274 e. The molecule has 1 saturated carbocycles. The van der Waals surface area contributed by atoms with Gasteiger partial charge in [-0.05, 0) is 51.0 Å². The van der Waals surface area contributed by atoms with Crippen molar-refractivity contribution in [2.24, 2.45) is 5.92 Å². The predicted molar refractivity (Wildman–Crippen MR) is 88.3 cm³/mol. The maximum absolute atomic E-state index is 13.0. The second-order valence-electron chi connectivity index (χ2n) is 6.85. The van der Waals surface area contributed by atoms with Gasteiger partial charge in [-0.3, -0.25) is 9.48 Å². The number of rotatable bonds is 5. The van der Waals surface area contributed by atoms with Crippen molar-refractivity contribution in [1.29, 1.82) is 0 Å². The van der Waals surface area contributed by atoms with E-state index < -0.39 is 0 Å². The molecule has 0 spiro atoms. The lowest BCUT2D eigenvalue weighted by Crippen LogP contribution is -2.40. The molecular formula is C17H24N6O. The number of hydrogen-bond acceptors (Lipinski definition) is 4. The number of carbonyl (C=O) groups is 1. The molecule has 24 heavy (non-hydrogen) atoms. The van der Waals surface area contributed by atoms with Crippen LogP contribution in [-0.2, 0) is 13.1 Å². The zero-order valence-electron chi connectivity index (χ0n) is 14.1. The number of aromatic nitrogens is 5. The Balaban J connectivity index is 1.58. The Bertz CT molecular complexity index is 716. The molecule has 0 aromatic carbocycles. The third-order valence-electron chi connectivity index (χ3n) is 5.04. The molecule has 2 fully saturated rings. The molecule has 2 aliphatic rings. The Labute approximate surface area is 141 Å². The highest BCUT2D eigenvalue weighted by molar-refractivity contribution is 5.92. The molecule has 2 aromatic rings. The van der Waals surface area contributed by atoms with E-state index in [9.17, 15) is 4.79 Å². The highest BCUT2D eigenvalue weighted by Crippen LogP contribution is 2.34. The van der Waals surface area contributed by atoms with Crippen molar-refractivity contribution in [3.8, 4) is 0 Å². The van der Waals surface area contributed by atoms with Crippen LogP contribution in [0.15, 0.2) is 18.6 Å². The Kier molecular flexibility index (Phi) is 4.08. The normalized spacial score (nSPS) is 21.2. The third-order valence-corrected chi connectivity index (χ3v) is 5.04. The minimum absolute atomic E-state index is 0.00729. The van der Waals surface area contributed by atoms with Gasteiger partial charge in [0, 0.05) is 25.8 Å². The van der Waals surface area contributed by atoms with Crippen LogP contribution in [0.5, 0.6) is 0 Å². The van der Waals surface area contributed by atoms with Crippen molar-refractivity contribution in [3.63, 3.8) is 0 Å². The molecule has 1 aliphatic heterocycles.